The molecule has 0 spiro atoms. The maximum atomic E-state index is 12.8. The SMILES string of the molecule is Cc1c(-c2ccc3cnc(Cl)nc3c2)cnc2c1N(C(=O)OC(C)(C)C)CCO2. The maximum Gasteiger partial charge on any atom is 0.415 e. The van der Waals surface area contributed by atoms with Gasteiger partial charge in [0.1, 0.15) is 17.9 Å². The number of halogens is 1. The number of ether oxygens (including phenoxy) is 2. The molecule has 0 fully saturated rings. The van der Waals surface area contributed by atoms with Gasteiger partial charge in [-0.05, 0) is 56.5 Å². The van der Waals surface area contributed by atoms with Gasteiger partial charge < -0.3 is 9.47 Å². The number of aromatic nitrogens is 3. The van der Waals surface area contributed by atoms with Crippen molar-refractivity contribution in [3.05, 3.63) is 41.4 Å². The van der Waals surface area contributed by atoms with E-state index in [9.17, 15) is 4.79 Å². The van der Waals surface area contributed by atoms with E-state index in [2.05, 4.69) is 15.0 Å². The Kier molecular flexibility index (Phi) is 4.78. The predicted molar refractivity (Wildman–Crippen MR) is 112 cm³/mol. The molecule has 0 saturated heterocycles. The van der Waals surface area contributed by atoms with Gasteiger partial charge in [-0.15, -0.1) is 0 Å². The lowest BCUT2D eigenvalue weighted by atomic mass is 9.99. The number of pyridine rings is 1. The van der Waals surface area contributed by atoms with Crippen molar-refractivity contribution >= 4 is 34.3 Å². The van der Waals surface area contributed by atoms with E-state index < -0.39 is 11.7 Å². The smallest absolute Gasteiger partial charge is 0.415 e. The van der Waals surface area contributed by atoms with Gasteiger partial charge in [0, 0.05) is 23.3 Å². The molecule has 0 atom stereocenters. The number of nitrogens with zero attached hydrogens (tertiary/aromatic N) is 4. The summed E-state index contributed by atoms with van der Waals surface area (Å²) in [5, 5.41) is 1.08. The number of hydrogen-bond donors (Lipinski definition) is 0. The summed E-state index contributed by atoms with van der Waals surface area (Å²) in [6, 6.07) is 5.83. The molecule has 1 aromatic carbocycles. The molecule has 1 aliphatic heterocycles. The van der Waals surface area contributed by atoms with Crippen molar-refractivity contribution in [3.8, 4) is 17.0 Å². The van der Waals surface area contributed by atoms with E-state index in [1.54, 1.807) is 17.3 Å². The molecule has 1 aliphatic rings. The number of anilines is 1. The summed E-state index contributed by atoms with van der Waals surface area (Å²) in [7, 11) is 0. The van der Waals surface area contributed by atoms with Crippen molar-refractivity contribution in [2.75, 3.05) is 18.1 Å². The van der Waals surface area contributed by atoms with Crippen LogP contribution in [-0.2, 0) is 4.74 Å². The average molecular weight is 413 g/mol. The lowest BCUT2D eigenvalue weighted by Crippen LogP contribution is -2.42. The molecule has 4 rings (SSSR count). The molecule has 0 N–H and O–H groups in total. The average Bonchev–Trinajstić information content (AvgIpc) is 2.66. The highest BCUT2D eigenvalue weighted by atomic mass is 35.5. The largest absolute Gasteiger partial charge is 0.474 e. The Morgan fingerprint density at radius 1 is 1.24 bits per heavy atom. The fourth-order valence-corrected chi connectivity index (χ4v) is 3.44. The molecule has 7 nitrogen and oxygen atoms in total. The quantitative estimate of drug-likeness (QED) is 0.535. The molecule has 0 unspecified atom stereocenters. The lowest BCUT2D eigenvalue weighted by molar-refractivity contribution is 0.0566. The second-order valence-corrected chi connectivity index (χ2v) is 8.18. The minimum atomic E-state index is -0.591. The van der Waals surface area contributed by atoms with E-state index in [1.807, 2.05) is 45.9 Å². The van der Waals surface area contributed by atoms with Crippen LogP contribution in [0, 0.1) is 6.92 Å². The predicted octanol–water partition coefficient (Wildman–Crippen LogP) is 4.79. The van der Waals surface area contributed by atoms with Crippen LogP contribution in [0.1, 0.15) is 26.3 Å². The first kappa shape index (κ1) is 19.4. The van der Waals surface area contributed by atoms with E-state index >= 15 is 0 Å². The summed E-state index contributed by atoms with van der Waals surface area (Å²) in [6.07, 6.45) is 3.02. The third-order valence-corrected chi connectivity index (χ3v) is 4.76. The standard InChI is InChI=1S/C21H21ClN4O3/c1-12-15(13-5-6-14-10-24-19(22)25-16(14)9-13)11-23-18-17(12)26(7-8-28-18)20(27)29-21(2,3)4/h5-6,9-11H,7-8H2,1-4H3. The van der Waals surface area contributed by atoms with Gasteiger partial charge in [-0.25, -0.2) is 19.7 Å². The Morgan fingerprint density at radius 3 is 2.79 bits per heavy atom. The zero-order chi connectivity index (χ0) is 20.8. The van der Waals surface area contributed by atoms with Gasteiger partial charge in [0.05, 0.1) is 12.1 Å². The number of amides is 1. The number of benzene rings is 1. The molecule has 1 amide bonds. The molecule has 0 aliphatic carbocycles. The molecule has 8 heteroatoms. The van der Waals surface area contributed by atoms with Gasteiger partial charge in [0.2, 0.25) is 11.2 Å². The summed E-state index contributed by atoms with van der Waals surface area (Å²) in [6.45, 7) is 8.23. The number of fused-ring (bicyclic) bond motifs is 2. The Bertz CT molecular complexity index is 1110. The van der Waals surface area contributed by atoms with Crippen LogP contribution in [0.15, 0.2) is 30.6 Å². The van der Waals surface area contributed by atoms with Crippen LogP contribution in [-0.4, -0.2) is 39.8 Å². The van der Waals surface area contributed by atoms with Gasteiger partial charge in [-0.2, -0.15) is 0 Å². The van der Waals surface area contributed by atoms with E-state index in [1.165, 1.54) is 0 Å². The van der Waals surface area contributed by atoms with E-state index in [0.717, 1.165) is 27.6 Å². The van der Waals surface area contributed by atoms with Gasteiger partial charge in [0.15, 0.2) is 0 Å². The van der Waals surface area contributed by atoms with E-state index in [-0.39, 0.29) is 5.28 Å². The molecule has 3 heterocycles. The van der Waals surface area contributed by atoms with Crippen LogP contribution in [0.5, 0.6) is 5.88 Å². The van der Waals surface area contributed by atoms with Crippen LogP contribution in [0.4, 0.5) is 10.5 Å². The van der Waals surface area contributed by atoms with Crippen LogP contribution in [0.3, 0.4) is 0 Å². The van der Waals surface area contributed by atoms with Gasteiger partial charge >= 0.3 is 6.09 Å². The maximum absolute atomic E-state index is 12.8. The molecule has 0 saturated carbocycles. The van der Waals surface area contributed by atoms with Crippen LogP contribution < -0.4 is 9.64 Å². The molecular formula is C21H21ClN4O3. The molecule has 2 aromatic heterocycles. The topological polar surface area (TPSA) is 77.4 Å². The second kappa shape index (κ2) is 7.15. The number of carbonyl (C=O) groups is 1. The third-order valence-electron chi connectivity index (χ3n) is 4.57. The van der Waals surface area contributed by atoms with Crippen molar-refractivity contribution in [2.24, 2.45) is 0 Å². The first-order chi connectivity index (χ1) is 13.7. The van der Waals surface area contributed by atoms with Crippen LogP contribution in [0.2, 0.25) is 5.28 Å². The van der Waals surface area contributed by atoms with Crippen molar-refractivity contribution in [1.82, 2.24) is 15.0 Å². The van der Waals surface area contributed by atoms with Crippen LogP contribution >= 0.6 is 11.6 Å². The Balaban J connectivity index is 1.80. The molecular weight excluding hydrogens is 392 g/mol. The summed E-state index contributed by atoms with van der Waals surface area (Å²) in [5.41, 5.74) is 3.43. The monoisotopic (exact) mass is 412 g/mol. The fraction of sp³-hybridized carbons (Fsp3) is 0.333. The summed E-state index contributed by atoms with van der Waals surface area (Å²) < 4.78 is 11.3. The van der Waals surface area contributed by atoms with Gasteiger partial charge in [-0.3, -0.25) is 4.90 Å². The number of carbonyl (C=O) groups excluding carboxylic acids is 1. The summed E-state index contributed by atoms with van der Waals surface area (Å²) in [5.74, 6) is 0.425. The van der Waals surface area contributed by atoms with E-state index in [0.29, 0.717) is 24.7 Å². The number of hydrogen-bond acceptors (Lipinski definition) is 6. The summed E-state index contributed by atoms with van der Waals surface area (Å²) in [4.78, 5) is 27.1. The van der Waals surface area contributed by atoms with Crippen LogP contribution in [0.25, 0.3) is 22.0 Å². The van der Waals surface area contributed by atoms with Gasteiger partial charge in [0.25, 0.3) is 0 Å². The zero-order valence-corrected chi connectivity index (χ0v) is 17.4. The first-order valence-electron chi connectivity index (χ1n) is 9.28. The molecule has 0 bridgehead atoms. The fourth-order valence-electron chi connectivity index (χ4n) is 3.30. The highest BCUT2D eigenvalue weighted by molar-refractivity contribution is 6.28. The Morgan fingerprint density at radius 2 is 2.03 bits per heavy atom. The zero-order valence-electron chi connectivity index (χ0n) is 16.7. The third kappa shape index (κ3) is 3.82. The first-order valence-corrected chi connectivity index (χ1v) is 9.66. The van der Waals surface area contributed by atoms with Crippen molar-refractivity contribution < 1.29 is 14.3 Å². The Labute approximate surface area is 173 Å². The van der Waals surface area contributed by atoms with Crippen molar-refractivity contribution in [2.45, 2.75) is 33.3 Å². The second-order valence-electron chi connectivity index (χ2n) is 7.84. The van der Waals surface area contributed by atoms with Crippen molar-refractivity contribution in [1.29, 1.82) is 0 Å². The van der Waals surface area contributed by atoms with E-state index in [4.69, 9.17) is 21.1 Å². The molecule has 29 heavy (non-hydrogen) atoms. The highest BCUT2D eigenvalue weighted by Crippen LogP contribution is 2.39. The Hall–Kier alpha value is -2.93. The van der Waals surface area contributed by atoms with Crippen molar-refractivity contribution in [3.63, 3.8) is 0 Å². The molecule has 0 radical (unpaired) electrons. The normalized spacial score (nSPS) is 13.8. The molecule has 3 aromatic rings. The highest BCUT2D eigenvalue weighted by Gasteiger charge is 2.31. The van der Waals surface area contributed by atoms with Gasteiger partial charge in [-0.1, -0.05) is 12.1 Å². The number of rotatable bonds is 1. The minimum Gasteiger partial charge on any atom is -0.474 e. The molecule has 150 valence electrons. The summed E-state index contributed by atoms with van der Waals surface area (Å²) >= 11 is 5.94. The lowest BCUT2D eigenvalue weighted by Gasteiger charge is -2.32. The minimum absolute atomic E-state index is 0.194.